The minimum atomic E-state index is -3.09. The molecule has 198 valence electrons. The zero-order valence-corrected chi connectivity index (χ0v) is 23.0. The van der Waals surface area contributed by atoms with E-state index in [1.165, 1.54) is 0 Å². The number of amides is 1. The summed E-state index contributed by atoms with van der Waals surface area (Å²) in [4.78, 5) is 31.0. The number of unbranched alkanes of at least 4 members (excludes halogenated alkanes) is 3. The van der Waals surface area contributed by atoms with E-state index in [-0.39, 0.29) is 24.2 Å². The van der Waals surface area contributed by atoms with Crippen LogP contribution in [0.5, 0.6) is 0 Å². The van der Waals surface area contributed by atoms with Crippen LogP contribution in [-0.2, 0) is 26.2 Å². The first kappa shape index (κ1) is 27.0. The Kier molecular flexibility index (Phi) is 8.04. The highest BCUT2D eigenvalue weighted by Gasteiger charge is 2.49. The third-order valence-corrected chi connectivity index (χ3v) is 9.73. The van der Waals surface area contributed by atoms with Gasteiger partial charge in [0.15, 0.2) is 5.11 Å². The predicted molar refractivity (Wildman–Crippen MR) is 142 cm³/mol. The van der Waals surface area contributed by atoms with Crippen LogP contribution in [0, 0.1) is 0 Å². The number of hydrogen-bond acceptors (Lipinski definition) is 7. The first-order chi connectivity index (χ1) is 17.1. The molecule has 9 nitrogen and oxygen atoms in total. The molecule has 0 atom stereocenters. The van der Waals surface area contributed by atoms with Gasteiger partial charge in [0.25, 0.3) is 5.91 Å². The van der Waals surface area contributed by atoms with E-state index in [2.05, 4.69) is 4.90 Å². The molecule has 0 saturated carbocycles. The molecule has 0 N–H and O–H groups in total. The number of thiocarbonyl (C=S) groups is 1. The van der Waals surface area contributed by atoms with Gasteiger partial charge in [0.1, 0.15) is 12.1 Å². The first-order valence-corrected chi connectivity index (χ1v) is 14.7. The van der Waals surface area contributed by atoms with Crippen LogP contribution in [0.4, 0.5) is 5.69 Å². The van der Waals surface area contributed by atoms with Gasteiger partial charge in [0, 0.05) is 38.3 Å². The van der Waals surface area contributed by atoms with Gasteiger partial charge in [-0.15, -0.1) is 0 Å². The summed E-state index contributed by atoms with van der Waals surface area (Å²) in [5.74, 6) is -0.237. The van der Waals surface area contributed by atoms with Crippen LogP contribution in [0.1, 0.15) is 62.4 Å². The van der Waals surface area contributed by atoms with Gasteiger partial charge in [-0.2, -0.15) is 4.31 Å². The van der Waals surface area contributed by atoms with Gasteiger partial charge >= 0.3 is 5.97 Å². The molecule has 0 unspecified atom stereocenters. The molecule has 1 amide bonds. The highest BCUT2D eigenvalue weighted by atomic mass is 32.2. The average Bonchev–Trinajstić information content (AvgIpc) is 3.30. The third-order valence-electron chi connectivity index (χ3n) is 7.44. The lowest BCUT2D eigenvalue weighted by atomic mass is 10.0. The number of ether oxygens (including phenoxy) is 1. The lowest BCUT2D eigenvalue weighted by molar-refractivity contribution is -0.123. The van der Waals surface area contributed by atoms with E-state index in [1.807, 2.05) is 24.8 Å². The maximum atomic E-state index is 13.3. The highest BCUT2D eigenvalue weighted by molar-refractivity contribution is 7.89. The number of carbonyl (C=O) groups is 2. The highest BCUT2D eigenvalue weighted by Crippen LogP contribution is 2.34. The smallest absolute Gasteiger partial charge is 0.338 e. The van der Waals surface area contributed by atoms with Crippen molar-refractivity contribution in [1.29, 1.82) is 0 Å². The Labute approximate surface area is 219 Å². The van der Waals surface area contributed by atoms with E-state index in [4.69, 9.17) is 17.0 Å². The Morgan fingerprint density at radius 1 is 1.00 bits per heavy atom. The molecule has 36 heavy (non-hydrogen) atoms. The largest absolute Gasteiger partial charge is 0.457 e. The van der Waals surface area contributed by atoms with Crippen molar-refractivity contribution in [2.75, 3.05) is 49.9 Å². The number of anilines is 1. The predicted octanol–water partition coefficient (Wildman–Crippen LogP) is 2.60. The third kappa shape index (κ3) is 5.29. The van der Waals surface area contributed by atoms with E-state index in [0.717, 1.165) is 50.9 Å². The number of hydrogen-bond donors (Lipinski definition) is 0. The standard InChI is InChI=1S/C25H36N4O5S2/c1-4-36(32,33)27-15-13-26(14-16-27)11-7-5-6-8-12-28-24(35)29(23(31)25(28,2)3)20-9-10-21-19(17-20)18-34-22(21)30/h9-10,17H,4-8,11-16,18H2,1-3H3. The second kappa shape index (κ2) is 10.7. The van der Waals surface area contributed by atoms with Crippen molar-refractivity contribution in [3.05, 3.63) is 29.3 Å². The quantitative estimate of drug-likeness (QED) is 0.256. The van der Waals surface area contributed by atoms with Gasteiger partial charge in [0.2, 0.25) is 10.0 Å². The number of esters is 1. The Hall–Kier alpha value is -2.08. The van der Waals surface area contributed by atoms with Crippen molar-refractivity contribution in [3.8, 4) is 0 Å². The molecule has 1 aromatic carbocycles. The number of piperazine rings is 1. The van der Waals surface area contributed by atoms with Crippen molar-refractivity contribution in [2.24, 2.45) is 0 Å². The summed E-state index contributed by atoms with van der Waals surface area (Å²) in [6.07, 6.45) is 4.10. The first-order valence-electron chi connectivity index (χ1n) is 12.7. The summed E-state index contributed by atoms with van der Waals surface area (Å²) in [6.45, 7) is 10.1. The molecule has 0 aliphatic carbocycles. The molecular weight excluding hydrogens is 500 g/mol. The fourth-order valence-electron chi connectivity index (χ4n) is 5.07. The zero-order chi connectivity index (χ0) is 26.1. The lowest BCUT2D eigenvalue weighted by Crippen LogP contribution is -2.49. The topological polar surface area (TPSA) is 90.5 Å². The average molecular weight is 537 g/mol. The van der Waals surface area contributed by atoms with Gasteiger partial charge < -0.3 is 14.5 Å². The molecule has 4 rings (SSSR count). The van der Waals surface area contributed by atoms with E-state index in [0.29, 0.717) is 36.0 Å². The van der Waals surface area contributed by atoms with E-state index >= 15 is 0 Å². The molecule has 0 aromatic heterocycles. The second-order valence-electron chi connectivity index (χ2n) is 10.1. The van der Waals surface area contributed by atoms with Crippen LogP contribution in [0.3, 0.4) is 0 Å². The van der Waals surface area contributed by atoms with E-state index < -0.39 is 15.6 Å². The molecule has 1 aromatic rings. The molecule has 11 heteroatoms. The summed E-state index contributed by atoms with van der Waals surface area (Å²) in [5.41, 5.74) is 1.25. The fraction of sp³-hybridized carbons (Fsp3) is 0.640. The maximum absolute atomic E-state index is 13.3. The van der Waals surface area contributed by atoms with Crippen molar-refractivity contribution in [1.82, 2.24) is 14.1 Å². The molecular formula is C25H36N4O5S2. The molecule has 3 aliphatic heterocycles. The van der Waals surface area contributed by atoms with Gasteiger partial charge in [-0.25, -0.2) is 13.2 Å². The number of cyclic esters (lactones) is 1. The Morgan fingerprint density at radius 2 is 1.67 bits per heavy atom. The Morgan fingerprint density at radius 3 is 2.33 bits per heavy atom. The van der Waals surface area contributed by atoms with Gasteiger partial charge in [0.05, 0.1) is 17.0 Å². The summed E-state index contributed by atoms with van der Waals surface area (Å²) in [7, 11) is -3.09. The number of nitrogens with zero attached hydrogens (tertiary/aromatic N) is 4. The molecule has 2 fully saturated rings. The van der Waals surface area contributed by atoms with Crippen LogP contribution in [0.15, 0.2) is 18.2 Å². The lowest BCUT2D eigenvalue weighted by Gasteiger charge is -2.33. The van der Waals surface area contributed by atoms with Crippen molar-refractivity contribution >= 4 is 44.9 Å². The summed E-state index contributed by atoms with van der Waals surface area (Å²) in [6, 6.07) is 5.28. The minimum absolute atomic E-state index is 0.0677. The molecule has 3 aliphatic rings. The summed E-state index contributed by atoms with van der Waals surface area (Å²) in [5, 5.41) is 0.495. The Balaban J connectivity index is 1.23. The van der Waals surface area contributed by atoms with Crippen LogP contribution in [0.25, 0.3) is 0 Å². The zero-order valence-electron chi connectivity index (χ0n) is 21.4. The van der Waals surface area contributed by atoms with Crippen LogP contribution in [0.2, 0.25) is 0 Å². The number of sulfonamides is 1. The molecule has 0 radical (unpaired) electrons. The van der Waals surface area contributed by atoms with Crippen LogP contribution in [-0.4, -0.2) is 90.1 Å². The van der Waals surface area contributed by atoms with Crippen LogP contribution < -0.4 is 4.90 Å². The number of benzene rings is 1. The van der Waals surface area contributed by atoms with E-state index in [9.17, 15) is 18.0 Å². The number of fused-ring (bicyclic) bond motifs is 1. The van der Waals surface area contributed by atoms with Crippen molar-refractivity contribution in [3.63, 3.8) is 0 Å². The summed E-state index contributed by atoms with van der Waals surface area (Å²) >= 11 is 5.73. The minimum Gasteiger partial charge on any atom is -0.457 e. The molecule has 2 saturated heterocycles. The number of carbonyl (C=O) groups excluding carboxylic acids is 2. The SMILES string of the molecule is CCS(=O)(=O)N1CCN(CCCCCCN2C(=S)N(c3ccc4c(c3)COC4=O)C(=O)C2(C)C)CC1. The Bertz CT molecular complexity index is 1130. The van der Waals surface area contributed by atoms with Crippen molar-refractivity contribution < 1.29 is 22.7 Å². The monoisotopic (exact) mass is 536 g/mol. The second-order valence-corrected chi connectivity index (χ2v) is 12.7. The molecule has 0 bridgehead atoms. The van der Waals surface area contributed by atoms with E-state index in [1.54, 1.807) is 28.3 Å². The van der Waals surface area contributed by atoms with Crippen LogP contribution >= 0.6 is 12.2 Å². The van der Waals surface area contributed by atoms with Gasteiger partial charge in [-0.05, 0) is 70.6 Å². The molecule has 3 heterocycles. The fourth-order valence-corrected chi connectivity index (χ4v) is 6.66. The normalized spacial score (nSPS) is 20.8. The molecule has 0 spiro atoms. The number of rotatable bonds is 10. The van der Waals surface area contributed by atoms with Crippen molar-refractivity contribution in [2.45, 2.75) is 58.6 Å². The van der Waals surface area contributed by atoms with Gasteiger partial charge in [-0.3, -0.25) is 9.69 Å². The maximum Gasteiger partial charge on any atom is 0.338 e. The summed E-state index contributed by atoms with van der Waals surface area (Å²) < 4.78 is 30.7. The van der Waals surface area contributed by atoms with Gasteiger partial charge in [-0.1, -0.05) is 12.8 Å².